The number of hydrogen-bond donors (Lipinski definition) is 1. The number of allylic oxidation sites excluding steroid dienone is 2. The minimum Gasteiger partial charge on any atom is -0.511 e. The van der Waals surface area contributed by atoms with Gasteiger partial charge in [-0.1, -0.05) is 69.1 Å². The first kappa shape index (κ1) is 17.9. The fourth-order valence-electron chi connectivity index (χ4n) is 2.73. The summed E-state index contributed by atoms with van der Waals surface area (Å²) >= 11 is 17.1. The molecule has 1 unspecified atom stereocenters. The second kappa shape index (κ2) is 7.52. The lowest BCUT2D eigenvalue weighted by Crippen LogP contribution is -2.17. The van der Waals surface area contributed by atoms with Crippen molar-refractivity contribution >= 4 is 56.7 Å². The predicted molar refractivity (Wildman–Crippen MR) is 103 cm³/mol. The van der Waals surface area contributed by atoms with Gasteiger partial charge in [0.2, 0.25) is 0 Å². The molecule has 0 radical (unpaired) electrons. The minimum atomic E-state index is -0.142. The predicted octanol–water partition coefficient (Wildman–Crippen LogP) is 6.76. The monoisotopic (exact) mass is 442 g/mol. The first-order chi connectivity index (χ1) is 11.5. The number of carbonyl (C=O) groups excluding carboxylic acids is 1. The number of halogens is 3. The number of aliphatic hydroxyl groups excluding tert-OH is 1. The molecule has 0 fully saturated rings. The molecule has 124 valence electrons. The van der Waals surface area contributed by atoms with E-state index in [4.69, 9.17) is 23.2 Å². The van der Waals surface area contributed by atoms with Crippen LogP contribution in [0.15, 0.2) is 62.5 Å². The van der Waals surface area contributed by atoms with E-state index in [1.807, 2.05) is 30.3 Å². The summed E-state index contributed by atoms with van der Waals surface area (Å²) in [6.45, 7) is 0. The highest BCUT2D eigenvalue weighted by Gasteiger charge is 2.31. The van der Waals surface area contributed by atoms with Gasteiger partial charge in [0.05, 0.1) is 9.93 Å². The van der Waals surface area contributed by atoms with Gasteiger partial charge in [-0.3, -0.25) is 4.79 Å². The largest absolute Gasteiger partial charge is 0.511 e. The lowest BCUT2D eigenvalue weighted by atomic mass is 9.86. The molecule has 0 aliphatic heterocycles. The quantitative estimate of drug-likeness (QED) is 0.568. The van der Waals surface area contributed by atoms with Crippen LogP contribution in [-0.2, 0) is 4.79 Å². The second-order valence-corrected chi connectivity index (χ2v) is 8.19. The molecule has 2 nitrogen and oxygen atoms in total. The lowest BCUT2D eigenvalue weighted by molar-refractivity contribution is -0.115. The maximum atomic E-state index is 12.6. The molecule has 2 aromatic carbocycles. The summed E-state index contributed by atoms with van der Waals surface area (Å²) in [6.07, 6.45) is 0.681. The molecule has 1 aliphatic rings. The number of ketones is 1. The molecule has 24 heavy (non-hydrogen) atoms. The number of Topliss-reactive ketones (excluding diaryl/α,β-unsaturated/α-hetero) is 1. The average Bonchev–Trinajstić information content (AvgIpc) is 2.52. The zero-order valence-electron chi connectivity index (χ0n) is 12.4. The Balaban J connectivity index is 1.90. The van der Waals surface area contributed by atoms with E-state index in [-0.39, 0.29) is 17.5 Å². The molecule has 0 spiro atoms. The van der Waals surface area contributed by atoms with E-state index in [0.29, 0.717) is 27.8 Å². The fourth-order valence-corrected chi connectivity index (χ4v) is 5.05. The second-order valence-electron chi connectivity index (χ2n) is 5.47. The summed E-state index contributed by atoms with van der Waals surface area (Å²) < 4.78 is 0.850. The molecule has 2 aromatic rings. The fraction of sp³-hybridized carbons (Fsp3) is 0.167. The van der Waals surface area contributed by atoms with Crippen molar-refractivity contribution in [2.75, 3.05) is 0 Å². The third kappa shape index (κ3) is 3.67. The van der Waals surface area contributed by atoms with Crippen LogP contribution >= 0.6 is 50.9 Å². The van der Waals surface area contributed by atoms with Crippen molar-refractivity contribution in [3.8, 4) is 0 Å². The van der Waals surface area contributed by atoms with Crippen LogP contribution in [0.1, 0.15) is 24.3 Å². The Bertz CT molecular complexity index is 815. The first-order valence-corrected chi connectivity index (χ1v) is 9.65. The number of hydrogen-bond acceptors (Lipinski definition) is 3. The minimum absolute atomic E-state index is 0.0907. The standard InChI is InChI=1S/C18H13BrCl2O2S/c19-11-4-3-6-13(21)17(11)10-8-14(22)18(15(23)9-10)24-16-7-2-1-5-12(16)20/h1-7,10,22H,8-9H2. The number of carbonyl (C=O) groups is 1. The molecule has 1 atom stereocenters. The van der Waals surface area contributed by atoms with Crippen molar-refractivity contribution < 1.29 is 9.90 Å². The number of aliphatic hydroxyl groups is 1. The molecule has 6 heteroatoms. The van der Waals surface area contributed by atoms with Crippen LogP contribution in [0.4, 0.5) is 0 Å². The molecule has 0 amide bonds. The lowest BCUT2D eigenvalue weighted by Gasteiger charge is -2.25. The Labute approximate surface area is 163 Å². The highest BCUT2D eigenvalue weighted by atomic mass is 79.9. The summed E-state index contributed by atoms with van der Waals surface area (Å²) in [6, 6.07) is 12.8. The zero-order chi connectivity index (χ0) is 17.3. The van der Waals surface area contributed by atoms with Gasteiger partial charge in [-0.15, -0.1) is 0 Å². The summed E-state index contributed by atoms with van der Waals surface area (Å²) in [5, 5.41) is 11.6. The van der Waals surface area contributed by atoms with Crippen LogP contribution in [0, 0.1) is 0 Å². The summed E-state index contributed by atoms with van der Waals surface area (Å²) in [5.74, 6) is -0.148. The van der Waals surface area contributed by atoms with Gasteiger partial charge in [0, 0.05) is 33.2 Å². The first-order valence-electron chi connectivity index (χ1n) is 7.29. The maximum Gasteiger partial charge on any atom is 0.173 e. The summed E-state index contributed by atoms with van der Waals surface area (Å²) in [7, 11) is 0. The van der Waals surface area contributed by atoms with E-state index < -0.39 is 0 Å². The molecule has 0 bridgehead atoms. The van der Waals surface area contributed by atoms with Crippen molar-refractivity contribution in [2.24, 2.45) is 0 Å². The maximum absolute atomic E-state index is 12.6. The van der Waals surface area contributed by atoms with Crippen LogP contribution in [0.25, 0.3) is 0 Å². The van der Waals surface area contributed by atoms with Gasteiger partial charge in [-0.05, 0) is 29.8 Å². The van der Waals surface area contributed by atoms with E-state index in [1.54, 1.807) is 12.1 Å². The van der Waals surface area contributed by atoms with E-state index >= 15 is 0 Å². The van der Waals surface area contributed by atoms with Gasteiger partial charge in [-0.2, -0.15) is 0 Å². The number of thioether (sulfide) groups is 1. The van der Waals surface area contributed by atoms with Gasteiger partial charge in [0.15, 0.2) is 5.78 Å². The Morgan fingerprint density at radius 1 is 1.04 bits per heavy atom. The van der Waals surface area contributed by atoms with Crippen molar-refractivity contribution in [3.63, 3.8) is 0 Å². The van der Waals surface area contributed by atoms with Crippen molar-refractivity contribution in [1.82, 2.24) is 0 Å². The molecule has 0 heterocycles. The van der Waals surface area contributed by atoms with Gasteiger partial charge < -0.3 is 5.11 Å². The molecule has 0 saturated carbocycles. The van der Waals surface area contributed by atoms with Crippen molar-refractivity contribution in [1.29, 1.82) is 0 Å². The van der Waals surface area contributed by atoms with Gasteiger partial charge >= 0.3 is 0 Å². The van der Waals surface area contributed by atoms with E-state index in [1.165, 1.54) is 11.8 Å². The van der Waals surface area contributed by atoms with Gasteiger partial charge in [0.1, 0.15) is 5.76 Å². The normalized spacial score (nSPS) is 18.1. The third-order valence-electron chi connectivity index (χ3n) is 3.84. The molecule has 1 aliphatic carbocycles. The average molecular weight is 444 g/mol. The molecular formula is C18H13BrCl2O2S. The van der Waals surface area contributed by atoms with E-state index in [2.05, 4.69) is 15.9 Å². The Morgan fingerprint density at radius 2 is 1.75 bits per heavy atom. The topological polar surface area (TPSA) is 37.3 Å². The Morgan fingerprint density at radius 3 is 2.42 bits per heavy atom. The summed E-state index contributed by atoms with van der Waals surface area (Å²) in [5.41, 5.74) is 0.862. The molecular weight excluding hydrogens is 431 g/mol. The van der Waals surface area contributed by atoms with Gasteiger partial charge in [-0.25, -0.2) is 0 Å². The van der Waals surface area contributed by atoms with Crippen LogP contribution in [0.2, 0.25) is 10.0 Å². The van der Waals surface area contributed by atoms with Crippen LogP contribution in [-0.4, -0.2) is 10.9 Å². The van der Waals surface area contributed by atoms with Gasteiger partial charge in [0.25, 0.3) is 0 Å². The van der Waals surface area contributed by atoms with E-state index in [0.717, 1.165) is 14.9 Å². The van der Waals surface area contributed by atoms with E-state index in [9.17, 15) is 9.90 Å². The Kier molecular flexibility index (Phi) is 5.60. The van der Waals surface area contributed by atoms with Crippen molar-refractivity contribution in [3.05, 3.63) is 73.2 Å². The SMILES string of the molecule is O=C1CC(c2c(Cl)cccc2Br)CC(O)=C1Sc1ccccc1Cl. The Hall–Kier alpha value is -0.940. The number of benzene rings is 2. The highest BCUT2D eigenvalue weighted by molar-refractivity contribution is 9.10. The molecule has 0 saturated heterocycles. The smallest absolute Gasteiger partial charge is 0.173 e. The number of rotatable bonds is 3. The highest BCUT2D eigenvalue weighted by Crippen LogP contribution is 2.44. The van der Waals surface area contributed by atoms with Crippen LogP contribution in [0.5, 0.6) is 0 Å². The molecule has 3 rings (SSSR count). The van der Waals surface area contributed by atoms with Crippen LogP contribution in [0.3, 0.4) is 0 Å². The zero-order valence-corrected chi connectivity index (χ0v) is 16.3. The molecule has 1 N–H and O–H groups in total. The third-order valence-corrected chi connectivity index (χ3v) is 6.55. The molecule has 0 aromatic heterocycles. The van der Waals surface area contributed by atoms with Crippen molar-refractivity contribution in [2.45, 2.75) is 23.7 Å². The van der Waals surface area contributed by atoms with Crippen LogP contribution < -0.4 is 0 Å². The summed E-state index contributed by atoms with van der Waals surface area (Å²) in [4.78, 5) is 13.7.